The second-order valence-electron chi connectivity index (χ2n) is 5.39. The summed E-state index contributed by atoms with van der Waals surface area (Å²) >= 11 is 1.27. The molecule has 0 heterocycles. The highest BCUT2D eigenvalue weighted by atomic mass is 32.2. The van der Waals surface area contributed by atoms with Gasteiger partial charge >= 0.3 is 12.1 Å². The molecule has 0 aliphatic carbocycles. The normalized spacial score (nSPS) is 12.5. The van der Waals surface area contributed by atoms with E-state index < -0.39 is 23.7 Å². The minimum Gasteiger partial charge on any atom is -0.480 e. The van der Waals surface area contributed by atoms with Crippen LogP contribution >= 0.6 is 11.8 Å². The first kappa shape index (κ1) is 17.2. The predicted octanol–water partition coefficient (Wildman–Crippen LogP) is 2.34. The monoisotopic (exact) mass is 312 g/mol. The van der Waals surface area contributed by atoms with Crippen molar-refractivity contribution in [3.8, 4) is 0 Å². The standard InChI is InChI=1S/C14H20N2O4S/c1-14(2,3)20-13(19)16-10(12(17)18)8-21-11-7-5-4-6-9(11)15/h4-7,10H,8,15H2,1-3H3,(H,16,19)(H,17,18). The summed E-state index contributed by atoms with van der Waals surface area (Å²) in [4.78, 5) is 23.6. The molecule has 21 heavy (non-hydrogen) atoms. The van der Waals surface area contributed by atoms with Crippen molar-refractivity contribution in [1.82, 2.24) is 5.32 Å². The van der Waals surface area contributed by atoms with Crippen LogP contribution in [0, 0.1) is 0 Å². The summed E-state index contributed by atoms with van der Waals surface area (Å²) < 4.78 is 5.05. The van der Waals surface area contributed by atoms with Crippen molar-refractivity contribution in [2.24, 2.45) is 0 Å². The Morgan fingerprint density at radius 3 is 2.52 bits per heavy atom. The van der Waals surface area contributed by atoms with E-state index in [1.807, 2.05) is 6.07 Å². The number of thioether (sulfide) groups is 1. The van der Waals surface area contributed by atoms with Gasteiger partial charge in [0.05, 0.1) is 0 Å². The van der Waals surface area contributed by atoms with Crippen LogP contribution in [0.2, 0.25) is 0 Å². The van der Waals surface area contributed by atoms with Gasteiger partial charge in [-0.3, -0.25) is 0 Å². The Morgan fingerprint density at radius 1 is 1.38 bits per heavy atom. The number of anilines is 1. The van der Waals surface area contributed by atoms with Gasteiger partial charge in [0, 0.05) is 16.3 Å². The van der Waals surface area contributed by atoms with Gasteiger partial charge in [-0.05, 0) is 32.9 Å². The van der Waals surface area contributed by atoms with Crippen LogP contribution in [0.3, 0.4) is 0 Å². The third-order valence-corrected chi connectivity index (χ3v) is 3.50. The quantitative estimate of drug-likeness (QED) is 0.570. The Hall–Kier alpha value is -1.89. The second-order valence-corrected chi connectivity index (χ2v) is 6.45. The Kier molecular flexibility index (Phi) is 5.90. The highest BCUT2D eigenvalue weighted by molar-refractivity contribution is 7.99. The fourth-order valence-electron chi connectivity index (χ4n) is 1.41. The maximum Gasteiger partial charge on any atom is 0.408 e. The van der Waals surface area contributed by atoms with Crippen LogP contribution in [0.1, 0.15) is 20.8 Å². The number of nitrogens with two attached hydrogens (primary N) is 1. The largest absolute Gasteiger partial charge is 0.480 e. The minimum absolute atomic E-state index is 0.156. The van der Waals surface area contributed by atoms with Crippen LogP contribution in [0.15, 0.2) is 29.2 Å². The number of carboxylic acids is 1. The molecular formula is C14H20N2O4S. The van der Waals surface area contributed by atoms with Crippen LogP contribution in [0.25, 0.3) is 0 Å². The highest BCUT2D eigenvalue weighted by Gasteiger charge is 2.24. The summed E-state index contributed by atoms with van der Waals surface area (Å²) in [7, 11) is 0. The number of carboxylic acid groups (broad SMARTS) is 1. The number of para-hydroxylation sites is 1. The molecule has 0 bridgehead atoms. The summed E-state index contributed by atoms with van der Waals surface area (Å²) in [5.41, 5.74) is 5.68. The molecule has 1 amide bonds. The van der Waals surface area contributed by atoms with Crippen molar-refractivity contribution >= 4 is 29.5 Å². The molecule has 116 valence electrons. The van der Waals surface area contributed by atoms with E-state index in [9.17, 15) is 9.59 Å². The number of carbonyl (C=O) groups is 2. The Labute approximate surface area is 128 Å². The molecule has 1 unspecified atom stereocenters. The first-order chi connectivity index (χ1) is 9.69. The Balaban J connectivity index is 2.61. The highest BCUT2D eigenvalue weighted by Crippen LogP contribution is 2.25. The molecule has 0 saturated carbocycles. The number of alkyl carbamates (subject to hydrolysis) is 1. The fourth-order valence-corrected chi connectivity index (χ4v) is 2.39. The van der Waals surface area contributed by atoms with Crippen molar-refractivity contribution in [3.63, 3.8) is 0 Å². The van der Waals surface area contributed by atoms with E-state index in [2.05, 4.69) is 5.32 Å². The lowest BCUT2D eigenvalue weighted by molar-refractivity contribution is -0.138. The molecule has 0 aliphatic rings. The average Bonchev–Trinajstić information content (AvgIpc) is 2.33. The zero-order chi connectivity index (χ0) is 16.0. The van der Waals surface area contributed by atoms with Gasteiger partial charge in [-0.1, -0.05) is 12.1 Å². The van der Waals surface area contributed by atoms with Gasteiger partial charge in [0.1, 0.15) is 11.6 Å². The number of hydrogen-bond acceptors (Lipinski definition) is 5. The molecule has 0 radical (unpaired) electrons. The van der Waals surface area contributed by atoms with E-state index in [4.69, 9.17) is 15.6 Å². The molecule has 0 saturated heterocycles. The van der Waals surface area contributed by atoms with E-state index in [-0.39, 0.29) is 5.75 Å². The maximum atomic E-state index is 11.6. The van der Waals surface area contributed by atoms with Crippen molar-refractivity contribution in [3.05, 3.63) is 24.3 Å². The van der Waals surface area contributed by atoms with Crippen molar-refractivity contribution < 1.29 is 19.4 Å². The SMILES string of the molecule is CC(C)(C)OC(=O)NC(CSc1ccccc1N)C(=O)O. The summed E-state index contributed by atoms with van der Waals surface area (Å²) in [6, 6.07) is 6.10. The Bertz CT molecular complexity index is 514. The average molecular weight is 312 g/mol. The van der Waals surface area contributed by atoms with Crippen LogP contribution in [-0.4, -0.2) is 34.6 Å². The van der Waals surface area contributed by atoms with E-state index in [1.165, 1.54) is 11.8 Å². The van der Waals surface area contributed by atoms with E-state index in [1.54, 1.807) is 39.0 Å². The van der Waals surface area contributed by atoms with Gasteiger partial charge in [0.25, 0.3) is 0 Å². The molecule has 1 aromatic rings. The molecule has 0 aliphatic heterocycles. The molecule has 1 atom stereocenters. The number of nitrogen functional groups attached to an aromatic ring is 1. The number of aliphatic carboxylic acids is 1. The molecule has 4 N–H and O–H groups in total. The molecular weight excluding hydrogens is 292 g/mol. The number of carbonyl (C=O) groups excluding carboxylic acids is 1. The molecule has 7 heteroatoms. The molecule has 1 rings (SSSR count). The number of benzene rings is 1. The lowest BCUT2D eigenvalue weighted by Crippen LogP contribution is -2.44. The van der Waals surface area contributed by atoms with Gasteiger partial charge < -0.3 is 20.9 Å². The topological polar surface area (TPSA) is 102 Å². The van der Waals surface area contributed by atoms with E-state index in [0.29, 0.717) is 5.69 Å². The molecule has 6 nitrogen and oxygen atoms in total. The maximum absolute atomic E-state index is 11.6. The van der Waals surface area contributed by atoms with E-state index in [0.717, 1.165) is 4.90 Å². The summed E-state index contributed by atoms with van der Waals surface area (Å²) in [5.74, 6) is -0.967. The second kappa shape index (κ2) is 7.21. The zero-order valence-electron chi connectivity index (χ0n) is 12.3. The number of amides is 1. The van der Waals surface area contributed by atoms with Gasteiger partial charge in [-0.15, -0.1) is 11.8 Å². The lowest BCUT2D eigenvalue weighted by atomic mass is 10.2. The minimum atomic E-state index is -1.12. The van der Waals surface area contributed by atoms with E-state index >= 15 is 0 Å². The number of hydrogen-bond donors (Lipinski definition) is 3. The first-order valence-electron chi connectivity index (χ1n) is 6.38. The zero-order valence-corrected chi connectivity index (χ0v) is 13.1. The van der Waals surface area contributed by atoms with Crippen LogP contribution in [-0.2, 0) is 9.53 Å². The summed E-state index contributed by atoms with van der Waals surface area (Å²) in [6.07, 6.45) is -0.753. The summed E-state index contributed by atoms with van der Waals surface area (Å²) in [6.45, 7) is 5.13. The van der Waals surface area contributed by atoms with Crippen molar-refractivity contribution in [1.29, 1.82) is 0 Å². The summed E-state index contributed by atoms with van der Waals surface area (Å²) in [5, 5.41) is 11.5. The van der Waals surface area contributed by atoms with Crippen LogP contribution in [0.4, 0.5) is 10.5 Å². The van der Waals surface area contributed by atoms with Crippen LogP contribution < -0.4 is 11.1 Å². The predicted molar refractivity (Wildman–Crippen MR) is 82.4 cm³/mol. The number of ether oxygens (including phenoxy) is 1. The molecule has 0 spiro atoms. The number of nitrogens with one attached hydrogen (secondary N) is 1. The lowest BCUT2D eigenvalue weighted by Gasteiger charge is -2.22. The molecule has 1 aromatic carbocycles. The third-order valence-electron chi connectivity index (χ3n) is 2.31. The van der Waals surface area contributed by atoms with Gasteiger partial charge in [0.15, 0.2) is 0 Å². The van der Waals surface area contributed by atoms with Crippen molar-refractivity contribution in [2.75, 3.05) is 11.5 Å². The molecule has 0 aromatic heterocycles. The number of rotatable bonds is 5. The first-order valence-corrected chi connectivity index (χ1v) is 7.37. The third kappa shape index (κ3) is 6.40. The van der Waals surface area contributed by atoms with Gasteiger partial charge in [0.2, 0.25) is 0 Å². The fraction of sp³-hybridized carbons (Fsp3) is 0.429. The van der Waals surface area contributed by atoms with Crippen molar-refractivity contribution in [2.45, 2.75) is 37.3 Å². The van der Waals surface area contributed by atoms with Gasteiger partial charge in [-0.2, -0.15) is 0 Å². The van der Waals surface area contributed by atoms with Gasteiger partial charge in [-0.25, -0.2) is 9.59 Å². The Morgan fingerprint density at radius 2 is 2.00 bits per heavy atom. The molecule has 0 fully saturated rings. The van der Waals surface area contributed by atoms with Crippen LogP contribution in [0.5, 0.6) is 0 Å². The smallest absolute Gasteiger partial charge is 0.408 e.